The first-order valence-electron chi connectivity index (χ1n) is 7.49. The highest BCUT2D eigenvalue weighted by Crippen LogP contribution is 2.22. The molecule has 6 heteroatoms. The van der Waals surface area contributed by atoms with Crippen molar-refractivity contribution in [2.75, 3.05) is 11.9 Å². The van der Waals surface area contributed by atoms with Crippen molar-refractivity contribution in [3.8, 4) is 0 Å². The zero-order chi connectivity index (χ0) is 17.5. The van der Waals surface area contributed by atoms with Crippen LogP contribution in [0.3, 0.4) is 0 Å². The molecule has 4 nitrogen and oxygen atoms in total. The van der Waals surface area contributed by atoms with Gasteiger partial charge in [-0.2, -0.15) is 0 Å². The smallest absolute Gasteiger partial charge is 0.226 e. The summed E-state index contributed by atoms with van der Waals surface area (Å²) in [5.41, 5.74) is 1.56. The molecule has 2 amide bonds. The molecule has 0 spiro atoms. The number of rotatable bonds is 6. The lowest BCUT2D eigenvalue weighted by molar-refractivity contribution is -0.129. The molecule has 0 aromatic heterocycles. The zero-order valence-electron chi connectivity index (χ0n) is 13.3. The lowest BCUT2D eigenvalue weighted by Gasteiger charge is -2.21. The molecule has 126 valence electrons. The molecule has 0 aliphatic rings. The monoisotopic (exact) mass is 364 g/mol. The van der Waals surface area contributed by atoms with Crippen LogP contribution in [-0.4, -0.2) is 23.3 Å². The summed E-state index contributed by atoms with van der Waals surface area (Å²) in [6.45, 7) is 2.31. The van der Waals surface area contributed by atoms with Gasteiger partial charge in [0.2, 0.25) is 11.8 Å². The van der Waals surface area contributed by atoms with Crippen LogP contribution in [0.5, 0.6) is 0 Å². The molecule has 2 aromatic carbocycles. The lowest BCUT2D eigenvalue weighted by Crippen LogP contribution is -2.31. The van der Waals surface area contributed by atoms with Crippen LogP contribution >= 0.6 is 23.2 Å². The summed E-state index contributed by atoms with van der Waals surface area (Å²) in [6, 6.07) is 14.5. The first kappa shape index (κ1) is 18.3. The number of anilines is 1. The molecule has 0 atom stereocenters. The Hall–Kier alpha value is -2.04. The molecule has 0 heterocycles. The van der Waals surface area contributed by atoms with Gasteiger partial charge in [0.25, 0.3) is 0 Å². The molecule has 24 heavy (non-hydrogen) atoms. The Morgan fingerprint density at radius 1 is 1.04 bits per heavy atom. The highest BCUT2D eigenvalue weighted by Gasteiger charge is 2.12. The van der Waals surface area contributed by atoms with Crippen molar-refractivity contribution in [3.63, 3.8) is 0 Å². The Kier molecular flexibility index (Phi) is 6.64. The third kappa shape index (κ3) is 5.87. The van der Waals surface area contributed by atoms with E-state index in [2.05, 4.69) is 5.32 Å². The van der Waals surface area contributed by atoms with Crippen LogP contribution in [0.25, 0.3) is 0 Å². The average molecular weight is 365 g/mol. The summed E-state index contributed by atoms with van der Waals surface area (Å²) in [5.74, 6) is -0.273. The standard InChI is InChI=1S/C18H18Cl2N2O2/c1-13(23)22(12-14-5-3-2-4-6-14)8-7-18(24)21-17-10-15(19)9-16(20)11-17/h2-6,9-11H,7-8,12H2,1H3,(H,21,24). The van der Waals surface area contributed by atoms with Gasteiger partial charge < -0.3 is 10.2 Å². The first-order chi connectivity index (χ1) is 11.4. The van der Waals surface area contributed by atoms with Gasteiger partial charge in [-0.15, -0.1) is 0 Å². The van der Waals surface area contributed by atoms with Gasteiger partial charge in [-0.3, -0.25) is 9.59 Å². The number of benzene rings is 2. The molecule has 0 saturated heterocycles. The van der Waals surface area contributed by atoms with E-state index in [4.69, 9.17) is 23.2 Å². The Labute approximate surface area is 151 Å². The zero-order valence-corrected chi connectivity index (χ0v) is 14.8. The SMILES string of the molecule is CC(=O)N(CCC(=O)Nc1cc(Cl)cc(Cl)c1)Cc1ccccc1. The molecule has 0 aliphatic heterocycles. The van der Waals surface area contributed by atoms with Gasteiger partial charge in [0.15, 0.2) is 0 Å². The Balaban J connectivity index is 1.91. The lowest BCUT2D eigenvalue weighted by atomic mass is 10.2. The van der Waals surface area contributed by atoms with Crippen molar-refractivity contribution < 1.29 is 9.59 Å². The van der Waals surface area contributed by atoms with Crippen molar-refractivity contribution in [2.24, 2.45) is 0 Å². The molecule has 2 aromatic rings. The van der Waals surface area contributed by atoms with Gasteiger partial charge in [-0.1, -0.05) is 53.5 Å². The molecule has 1 N–H and O–H groups in total. The second-order valence-corrected chi connectivity index (χ2v) is 6.26. The third-order valence-electron chi connectivity index (χ3n) is 3.42. The highest BCUT2D eigenvalue weighted by atomic mass is 35.5. The number of halogens is 2. The molecule has 2 rings (SSSR count). The third-order valence-corrected chi connectivity index (χ3v) is 3.85. The fourth-order valence-electron chi connectivity index (χ4n) is 2.24. The first-order valence-corrected chi connectivity index (χ1v) is 8.25. The summed E-state index contributed by atoms with van der Waals surface area (Å²) < 4.78 is 0. The largest absolute Gasteiger partial charge is 0.338 e. The van der Waals surface area contributed by atoms with E-state index < -0.39 is 0 Å². The number of hydrogen-bond donors (Lipinski definition) is 1. The van der Waals surface area contributed by atoms with Crippen LogP contribution in [-0.2, 0) is 16.1 Å². The summed E-state index contributed by atoms with van der Waals surface area (Å²) in [4.78, 5) is 25.5. The van der Waals surface area contributed by atoms with Crippen molar-refractivity contribution in [1.29, 1.82) is 0 Å². The number of amides is 2. The minimum atomic E-state index is -0.201. The number of carbonyl (C=O) groups is 2. The van der Waals surface area contributed by atoms with E-state index in [0.29, 0.717) is 28.8 Å². The van der Waals surface area contributed by atoms with E-state index in [1.165, 1.54) is 6.92 Å². The van der Waals surface area contributed by atoms with Crippen molar-refractivity contribution in [3.05, 3.63) is 64.1 Å². The van der Waals surface area contributed by atoms with Crippen molar-refractivity contribution in [1.82, 2.24) is 4.90 Å². The minimum absolute atomic E-state index is 0.0718. The molecular formula is C18H18Cl2N2O2. The van der Waals surface area contributed by atoms with Crippen molar-refractivity contribution >= 4 is 40.7 Å². The fourth-order valence-corrected chi connectivity index (χ4v) is 2.76. The van der Waals surface area contributed by atoms with Crippen LogP contribution in [0.4, 0.5) is 5.69 Å². The Bertz CT molecular complexity index is 700. The van der Waals surface area contributed by atoms with Crippen molar-refractivity contribution in [2.45, 2.75) is 19.9 Å². The fraction of sp³-hybridized carbons (Fsp3) is 0.222. The predicted octanol–water partition coefficient (Wildman–Crippen LogP) is 4.37. The Morgan fingerprint density at radius 3 is 2.25 bits per heavy atom. The van der Waals surface area contributed by atoms with Gasteiger partial charge in [0.1, 0.15) is 0 Å². The summed E-state index contributed by atoms with van der Waals surface area (Å²) in [7, 11) is 0. The second kappa shape index (κ2) is 8.71. The topological polar surface area (TPSA) is 49.4 Å². The summed E-state index contributed by atoms with van der Waals surface area (Å²) in [5, 5.41) is 3.64. The van der Waals surface area contributed by atoms with E-state index in [1.807, 2.05) is 30.3 Å². The normalized spacial score (nSPS) is 10.3. The summed E-state index contributed by atoms with van der Waals surface area (Å²) >= 11 is 11.8. The van der Waals surface area contributed by atoms with Crippen LogP contribution < -0.4 is 5.32 Å². The average Bonchev–Trinajstić information content (AvgIpc) is 2.51. The molecule has 0 saturated carbocycles. The van der Waals surface area contributed by atoms with E-state index in [9.17, 15) is 9.59 Å². The van der Waals surface area contributed by atoms with E-state index in [1.54, 1.807) is 23.1 Å². The quantitative estimate of drug-likeness (QED) is 0.826. The van der Waals surface area contributed by atoms with Crippen LogP contribution in [0.15, 0.2) is 48.5 Å². The number of nitrogens with zero attached hydrogens (tertiary/aromatic N) is 1. The molecular weight excluding hydrogens is 347 g/mol. The van der Waals surface area contributed by atoms with Crippen LogP contribution in [0, 0.1) is 0 Å². The number of hydrogen-bond acceptors (Lipinski definition) is 2. The highest BCUT2D eigenvalue weighted by molar-refractivity contribution is 6.35. The van der Waals surface area contributed by atoms with Gasteiger partial charge >= 0.3 is 0 Å². The molecule has 0 unspecified atom stereocenters. The van der Waals surface area contributed by atoms with Gasteiger partial charge in [-0.05, 0) is 23.8 Å². The van der Waals surface area contributed by atoms with Gasteiger partial charge in [0.05, 0.1) is 0 Å². The van der Waals surface area contributed by atoms with Gasteiger partial charge in [0, 0.05) is 42.2 Å². The van der Waals surface area contributed by atoms with Crippen LogP contribution in [0.1, 0.15) is 18.9 Å². The maximum Gasteiger partial charge on any atom is 0.226 e. The number of carbonyl (C=O) groups excluding carboxylic acids is 2. The maximum atomic E-state index is 12.1. The van der Waals surface area contributed by atoms with Gasteiger partial charge in [-0.25, -0.2) is 0 Å². The molecule has 0 radical (unpaired) electrons. The van der Waals surface area contributed by atoms with E-state index in [0.717, 1.165) is 5.56 Å². The molecule has 0 fully saturated rings. The van der Waals surface area contributed by atoms with E-state index >= 15 is 0 Å². The number of nitrogens with one attached hydrogen (secondary N) is 1. The Morgan fingerprint density at radius 2 is 1.67 bits per heavy atom. The van der Waals surface area contributed by atoms with E-state index in [-0.39, 0.29) is 18.2 Å². The minimum Gasteiger partial charge on any atom is -0.338 e. The molecule has 0 bridgehead atoms. The second-order valence-electron chi connectivity index (χ2n) is 5.38. The summed E-state index contributed by atoms with van der Waals surface area (Å²) in [6.07, 6.45) is 0.191. The molecule has 0 aliphatic carbocycles. The maximum absolute atomic E-state index is 12.1. The predicted molar refractivity (Wildman–Crippen MR) is 97.2 cm³/mol. The van der Waals surface area contributed by atoms with Crippen LogP contribution in [0.2, 0.25) is 10.0 Å².